The molecule has 0 amide bonds. The lowest BCUT2D eigenvalue weighted by molar-refractivity contribution is -0.137. The van der Waals surface area contributed by atoms with Crippen LogP contribution in [0.3, 0.4) is 0 Å². The normalized spacial score (nSPS) is 12.0. The van der Waals surface area contributed by atoms with Crippen LogP contribution in [0.4, 0.5) is 0 Å². The molecule has 2 rings (SSSR count). The van der Waals surface area contributed by atoms with Crippen LogP contribution in [0.2, 0.25) is 0 Å². The molecule has 0 aliphatic heterocycles. The van der Waals surface area contributed by atoms with Crippen molar-refractivity contribution in [1.29, 1.82) is 0 Å². The Morgan fingerprint density at radius 2 is 2.06 bits per heavy atom. The zero-order valence-corrected chi connectivity index (χ0v) is 9.87. The van der Waals surface area contributed by atoms with Gasteiger partial charge in [0.05, 0.1) is 13.0 Å². The number of para-hydroxylation sites is 1. The summed E-state index contributed by atoms with van der Waals surface area (Å²) in [5.41, 5.74) is 0.952. The number of hydrogen-bond acceptors (Lipinski definition) is 2. The number of ether oxygens (including phenoxy) is 1. The molecule has 0 aliphatic carbocycles. The fourth-order valence-electron chi connectivity index (χ4n) is 1.79. The number of carbonyl (C=O) groups is 1. The maximum Gasteiger partial charge on any atom is 0.304 e. The van der Waals surface area contributed by atoms with Gasteiger partial charge in [0, 0.05) is 18.3 Å². The number of aromatic nitrogens is 1. The lowest BCUT2D eigenvalue weighted by atomic mass is 9.99. The monoisotopic (exact) mass is 245 g/mol. The first-order valence-electron chi connectivity index (χ1n) is 5.78. The molecule has 1 heterocycles. The van der Waals surface area contributed by atoms with Crippen LogP contribution in [0.5, 0.6) is 5.75 Å². The third-order valence-corrected chi connectivity index (χ3v) is 2.71. The molecule has 1 atom stereocenters. The average molecular weight is 245 g/mol. The Morgan fingerprint density at radius 3 is 2.67 bits per heavy atom. The number of aliphatic carboxylic acids is 1. The fourth-order valence-corrected chi connectivity index (χ4v) is 1.79. The van der Waals surface area contributed by atoms with E-state index >= 15 is 0 Å². The van der Waals surface area contributed by atoms with E-state index in [-0.39, 0.29) is 12.3 Å². The summed E-state index contributed by atoms with van der Waals surface area (Å²) in [6.07, 6.45) is 3.65. The van der Waals surface area contributed by atoms with Crippen molar-refractivity contribution in [3.63, 3.8) is 0 Å². The molecule has 0 fully saturated rings. The zero-order chi connectivity index (χ0) is 12.8. The lowest BCUT2D eigenvalue weighted by Gasteiger charge is -2.14. The van der Waals surface area contributed by atoms with Gasteiger partial charge in [-0.25, -0.2) is 0 Å². The topological polar surface area (TPSA) is 62.3 Å². The second-order valence-corrected chi connectivity index (χ2v) is 4.06. The van der Waals surface area contributed by atoms with Crippen molar-refractivity contribution in [3.05, 3.63) is 54.4 Å². The van der Waals surface area contributed by atoms with Gasteiger partial charge in [-0.15, -0.1) is 0 Å². The molecule has 2 N–H and O–H groups in total. The number of aromatic amines is 1. The SMILES string of the molecule is O=C(O)CC(COc1ccccc1)c1cc[nH]c1. The standard InChI is InChI=1S/C14H15NO3/c16-14(17)8-12(11-6-7-15-9-11)10-18-13-4-2-1-3-5-13/h1-7,9,12,15H,8,10H2,(H,16,17). The summed E-state index contributed by atoms with van der Waals surface area (Å²) in [6.45, 7) is 0.355. The molecule has 4 heteroatoms. The Labute approximate surface area is 105 Å². The Kier molecular flexibility index (Phi) is 4.02. The van der Waals surface area contributed by atoms with Crippen molar-refractivity contribution in [2.75, 3.05) is 6.61 Å². The van der Waals surface area contributed by atoms with Crippen molar-refractivity contribution in [1.82, 2.24) is 4.98 Å². The lowest BCUT2D eigenvalue weighted by Crippen LogP contribution is -2.14. The average Bonchev–Trinajstić information content (AvgIpc) is 2.89. The quantitative estimate of drug-likeness (QED) is 0.822. The van der Waals surface area contributed by atoms with Crippen LogP contribution in [0.25, 0.3) is 0 Å². The number of H-pyrrole nitrogens is 1. The summed E-state index contributed by atoms with van der Waals surface area (Å²) in [7, 11) is 0. The third-order valence-electron chi connectivity index (χ3n) is 2.71. The van der Waals surface area contributed by atoms with E-state index in [2.05, 4.69) is 4.98 Å². The Hall–Kier alpha value is -2.23. The number of hydrogen-bond donors (Lipinski definition) is 2. The highest BCUT2D eigenvalue weighted by Gasteiger charge is 2.16. The van der Waals surface area contributed by atoms with E-state index in [1.807, 2.05) is 42.6 Å². The van der Waals surface area contributed by atoms with Gasteiger partial charge in [-0.05, 0) is 23.8 Å². The molecule has 18 heavy (non-hydrogen) atoms. The first kappa shape index (κ1) is 12.2. The first-order chi connectivity index (χ1) is 8.75. The highest BCUT2D eigenvalue weighted by Crippen LogP contribution is 2.21. The maximum atomic E-state index is 10.9. The Morgan fingerprint density at radius 1 is 1.28 bits per heavy atom. The maximum absolute atomic E-state index is 10.9. The van der Waals surface area contributed by atoms with Gasteiger partial charge in [-0.1, -0.05) is 18.2 Å². The second-order valence-electron chi connectivity index (χ2n) is 4.06. The smallest absolute Gasteiger partial charge is 0.304 e. The highest BCUT2D eigenvalue weighted by atomic mass is 16.5. The second kappa shape index (κ2) is 5.91. The molecule has 0 spiro atoms. The number of benzene rings is 1. The summed E-state index contributed by atoms with van der Waals surface area (Å²) in [4.78, 5) is 13.8. The summed E-state index contributed by atoms with van der Waals surface area (Å²) in [6, 6.07) is 11.3. The zero-order valence-electron chi connectivity index (χ0n) is 9.87. The van der Waals surface area contributed by atoms with Gasteiger partial charge in [-0.3, -0.25) is 4.79 Å². The van der Waals surface area contributed by atoms with Crippen molar-refractivity contribution in [2.24, 2.45) is 0 Å². The summed E-state index contributed by atoms with van der Waals surface area (Å²) < 4.78 is 5.62. The van der Waals surface area contributed by atoms with Crippen LogP contribution in [0.15, 0.2) is 48.8 Å². The molecule has 4 nitrogen and oxygen atoms in total. The van der Waals surface area contributed by atoms with Gasteiger partial charge in [0.15, 0.2) is 0 Å². The van der Waals surface area contributed by atoms with Crippen LogP contribution in [-0.4, -0.2) is 22.7 Å². The van der Waals surface area contributed by atoms with Crippen molar-refractivity contribution in [3.8, 4) is 5.75 Å². The number of rotatable bonds is 6. The summed E-state index contributed by atoms with van der Waals surface area (Å²) >= 11 is 0. The van der Waals surface area contributed by atoms with Crippen LogP contribution in [0.1, 0.15) is 17.9 Å². The van der Waals surface area contributed by atoms with Crippen molar-refractivity contribution >= 4 is 5.97 Å². The highest BCUT2D eigenvalue weighted by molar-refractivity contribution is 5.68. The Bertz CT molecular complexity index is 479. The first-order valence-corrected chi connectivity index (χ1v) is 5.78. The predicted octanol–water partition coefficient (Wildman–Crippen LogP) is 2.65. The molecule has 1 aromatic carbocycles. The molecule has 94 valence electrons. The fraction of sp³-hybridized carbons (Fsp3) is 0.214. The minimum absolute atomic E-state index is 0.0602. The minimum Gasteiger partial charge on any atom is -0.493 e. The van der Waals surface area contributed by atoms with E-state index in [9.17, 15) is 4.79 Å². The van der Waals surface area contributed by atoms with E-state index in [0.717, 1.165) is 11.3 Å². The molecule has 0 saturated carbocycles. The van der Waals surface area contributed by atoms with Crippen LogP contribution < -0.4 is 4.74 Å². The van der Waals surface area contributed by atoms with E-state index in [4.69, 9.17) is 9.84 Å². The number of nitrogens with one attached hydrogen (secondary N) is 1. The van der Waals surface area contributed by atoms with Gasteiger partial charge >= 0.3 is 5.97 Å². The van der Waals surface area contributed by atoms with Gasteiger partial charge in [-0.2, -0.15) is 0 Å². The van der Waals surface area contributed by atoms with E-state index in [1.165, 1.54) is 0 Å². The molecule has 1 unspecified atom stereocenters. The van der Waals surface area contributed by atoms with Gasteiger partial charge in [0.25, 0.3) is 0 Å². The van der Waals surface area contributed by atoms with Crippen LogP contribution >= 0.6 is 0 Å². The van der Waals surface area contributed by atoms with Crippen molar-refractivity contribution in [2.45, 2.75) is 12.3 Å². The molecule has 0 radical (unpaired) electrons. The van der Waals surface area contributed by atoms with Gasteiger partial charge in [0.2, 0.25) is 0 Å². The predicted molar refractivity (Wildman–Crippen MR) is 67.7 cm³/mol. The summed E-state index contributed by atoms with van der Waals surface area (Å²) in [5, 5.41) is 8.91. The van der Waals surface area contributed by atoms with E-state index in [0.29, 0.717) is 6.61 Å². The molecule has 0 aliphatic rings. The molecule has 2 aromatic rings. The van der Waals surface area contributed by atoms with Crippen LogP contribution in [-0.2, 0) is 4.79 Å². The third kappa shape index (κ3) is 3.38. The van der Waals surface area contributed by atoms with E-state index in [1.54, 1.807) is 6.20 Å². The summed E-state index contributed by atoms with van der Waals surface area (Å²) in [5.74, 6) is -0.213. The molecule has 0 saturated heterocycles. The van der Waals surface area contributed by atoms with Crippen molar-refractivity contribution < 1.29 is 14.6 Å². The molecule has 1 aromatic heterocycles. The van der Waals surface area contributed by atoms with Crippen LogP contribution in [0, 0.1) is 0 Å². The largest absolute Gasteiger partial charge is 0.493 e. The number of carboxylic acids is 1. The van der Waals surface area contributed by atoms with E-state index < -0.39 is 5.97 Å². The molecular weight excluding hydrogens is 230 g/mol. The minimum atomic E-state index is -0.821. The Balaban J connectivity index is 2.00. The number of carboxylic acid groups (broad SMARTS) is 1. The molecular formula is C14H15NO3. The van der Waals surface area contributed by atoms with Gasteiger partial charge in [0.1, 0.15) is 5.75 Å². The molecule has 0 bridgehead atoms. The van der Waals surface area contributed by atoms with Gasteiger partial charge < -0.3 is 14.8 Å².